The third-order valence-corrected chi connectivity index (χ3v) is 20.6. The van der Waals surface area contributed by atoms with E-state index >= 15 is 0 Å². The number of benzene rings is 4. The van der Waals surface area contributed by atoms with Gasteiger partial charge in [-0.15, -0.1) is 0 Å². The molecule has 6 aliphatic rings. The van der Waals surface area contributed by atoms with Crippen molar-refractivity contribution in [3.8, 4) is 0 Å². The summed E-state index contributed by atoms with van der Waals surface area (Å²) in [5, 5.41) is 58.4. The van der Waals surface area contributed by atoms with E-state index in [2.05, 4.69) is 136 Å². The first-order valence-electron chi connectivity index (χ1n) is 37.5. The number of nitrogens with one attached hydrogen (secondary N) is 12. The Labute approximate surface area is 655 Å². The summed E-state index contributed by atoms with van der Waals surface area (Å²) in [7, 11) is 0. The molecular weight excluding hydrogens is 1470 g/mol. The van der Waals surface area contributed by atoms with Crippen LogP contribution < -0.4 is 42.5 Å². The summed E-state index contributed by atoms with van der Waals surface area (Å²) < 4.78 is 37.8. The molecule has 4 unspecified atom stereocenters. The van der Waals surface area contributed by atoms with Gasteiger partial charge in [-0.25, -0.2) is 48.7 Å². The Morgan fingerprint density at radius 3 is 1.17 bits per heavy atom. The molecule has 4 atom stereocenters. The van der Waals surface area contributed by atoms with Crippen molar-refractivity contribution in [1.82, 2.24) is 80.7 Å². The number of hydrogen-bond acceptors (Lipinski definition) is 22. The summed E-state index contributed by atoms with van der Waals surface area (Å²) in [5.74, 6) is 13.6. The third kappa shape index (κ3) is 20.4. The number of halogens is 5. The van der Waals surface area contributed by atoms with Crippen molar-refractivity contribution < 1.29 is 18.3 Å². The average molecular weight is 1560 g/mol. The molecule has 574 valence electrons. The number of nitrogens with zero attached hydrogens (tertiary/aromatic N) is 12. The van der Waals surface area contributed by atoms with Gasteiger partial charge in [-0.1, -0.05) is 77.3 Å². The van der Waals surface area contributed by atoms with E-state index in [1.54, 1.807) is 18.2 Å². The summed E-state index contributed by atoms with van der Waals surface area (Å²) in [4.78, 5) is 35.9. The highest BCUT2D eigenvalue weighted by Crippen LogP contribution is 2.44. The van der Waals surface area contributed by atoms with Gasteiger partial charge in [-0.3, -0.25) is 20.4 Å². The molecule has 6 fully saturated rings. The fourth-order valence-corrected chi connectivity index (χ4v) is 14.0. The van der Waals surface area contributed by atoms with E-state index in [4.69, 9.17) is 44.3 Å². The van der Waals surface area contributed by atoms with E-state index in [9.17, 15) is 8.78 Å². The molecule has 26 nitrogen and oxygen atoms in total. The van der Waals surface area contributed by atoms with E-state index < -0.39 is 5.54 Å². The molecule has 0 bridgehead atoms. The van der Waals surface area contributed by atoms with Crippen molar-refractivity contribution in [3.63, 3.8) is 0 Å². The van der Waals surface area contributed by atoms with Gasteiger partial charge < -0.3 is 52.0 Å². The highest BCUT2D eigenvalue weighted by Gasteiger charge is 2.41. The van der Waals surface area contributed by atoms with E-state index in [0.29, 0.717) is 112 Å². The summed E-state index contributed by atoms with van der Waals surface area (Å²) in [6, 6.07) is 42.1. The molecule has 4 aromatic carbocycles. The van der Waals surface area contributed by atoms with Crippen LogP contribution in [0.15, 0.2) is 140 Å². The Hall–Kier alpha value is -10.9. The van der Waals surface area contributed by atoms with Crippen molar-refractivity contribution in [1.29, 1.82) is 0 Å². The lowest BCUT2D eigenvalue weighted by Crippen LogP contribution is -2.53. The van der Waals surface area contributed by atoms with Crippen LogP contribution in [0.3, 0.4) is 0 Å². The van der Waals surface area contributed by atoms with E-state index in [-0.39, 0.29) is 35.7 Å². The van der Waals surface area contributed by atoms with Gasteiger partial charge >= 0.3 is 0 Å². The van der Waals surface area contributed by atoms with Crippen LogP contribution in [-0.4, -0.2) is 107 Å². The Balaban J connectivity index is 0.000000117. The Morgan fingerprint density at radius 2 is 0.775 bits per heavy atom. The van der Waals surface area contributed by atoms with Gasteiger partial charge in [0.2, 0.25) is 0 Å². The zero-order valence-corrected chi connectivity index (χ0v) is 64.4. The molecule has 2 saturated heterocycles. The van der Waals surface area contributed by atoms with E-state index in [1.807, 2.05) is 126 Å². The van der Waals surface area contributed by atoms with Crippen LogP contribution in [0, 0.1) is 45.2 Å². The van der Waals surface area contributed by atoms with Crippen molar-refractivity contribution in [2.24, 2.45) is 5.92 Å². The molecule has 18 rings (SSSR count). The minimum Gasteiger partial charge on any atom is -0.381 e. The number of H-pyrrole nitrogens is 4. The zero-order chi connectivity index (χ0) is 76.7. The van der Waals surface area contributed by atoms with E-state index in [1.165, 1.54) is 92.7 Å². The summed E-state index contributed by atoms with van der Waals surface area (Å²) >= 11 is 18.3. The Morgan fingerprint density at radius 1 is 0.396 bits per heavy atom. The number of hydrogen-bond donors (Lipinski definition) is 12. The lowest BCUT2D eigenvalue weighted by Gasteiger charge is -2.43. The topological polar surface area (TPSA) is 333 Å². The average Bonchev–Trinajstić information content (AvgIpc) is 1.58. The number of aromatic nitrogens is 16. The molecule has 8 aromatic heterocycles. The van der Waals surface area contributed by atoms with Gasteiger partial charge in [0.15, 0.2) is 23.3 Å². The summed E-state index contributed by atoms with van der Waals surface area (Å²) in [6.07, 6.45) is 10.8. The SMILES string of the molecule is Cc1nc(Nc2cc(C3CC3)[nH]n2)cc(NC(C)c2ccc(Cl)cc2)n1.Cc1nc(Nc2cc(C3CC3)[nH]n2)cc(NC(C)c2ccc(Cl)cc2Cl)n1.Cc1nc(Nc2cc(C3CC3)[nH]n2)cc(NC(c2ccc(F)cc2)C2CCOC2)n1.Cc1nc(Nc2cc(C3CC3)[nH]n2)cc(NC2(c3ccc(F)cc3)COC2)n1. The van der Waals surface area contributed by atoms with Gasteiger partial charge in [0.05, 0.1) is 31.9 Å². The predicted octanol–water partition coefficient (Wildman–Crippen LogP) is 18.6. The number of anilines is 12. The molecule has 4 saturated carbocycles. The lowest BCUT2D eigenvalue weighted by atomic mass is 9.88. The molecule has 4 aliphatic carbocycles. The zero-order valence-electron chi connectivity index (χ0n) is 62.2. The molecule has 10 heterocycles. The van der Waals surface area contributed by atoms with Gasteiger partial charge in [0, 0.05) is 129 Å². The quantitative estimate of drug-likeness (QED) is 0.0253. The molecule has 2 aliphatic heterocycles. The first kappa shape index (κ1) is 75.5. The number of ether oxygens (including phenoxy) is 2. The fourth-order valence-electron chi connectivity index (χ4n) is 13.3. The van der Waals surface area contributed by atoms with Gasteiger partial charge in [0.1, 0.15) is 87.0 Å². The predicted molar refractivity (Wildman–Crippen MR) is 429 cm³/mol. The first-order chi connectivity index (χ1) is 53.8. The Bertz CT molecular complexity index is 5150. The van der Waals surface area contributed by atoms with Crippen LogP contribution in [0.5, 0.6) is 0 Å². The fraction of sp³-hybridized carbons (Fsp3) is 0.350. The molecule has 0 radical (unpaired) electrons. The smallest absolute Gasteiger partial charge is 0.153 e. The monoisotopic (exact) mass is 1560 g/mol. The molecule has 0 amide bonds. The maximum Gasteiger partial charge on any atom is 0.153 e. The maximum atomic E-state index is 13.4. The highest BCUT2D eigenvalue weighted by atomic mass is 35.5. The first-order valence-corrected chi connectivity index (χ1v) is 38.6. The number of aryl methyl sites for hydroxylation is 4. The van der Waals surface area contributed by atoms with Gasteiger partial charge in [0.25, 0.3) is 0 Å². The summed E-state index contributed by atoms with van der Waals surface area (Å²) in [6.45, 7) is 14.0. The van der Waals surface area contributed by atoms with Crippen LogP contribution in [0.1, 0.15) is 182 Å². The Kier molecular flexibility index (Phi) is 23.0. The minimum absolute atomic E-state index is 0.0258. The largest absolute Gasteiger partial charge is 0.381 e. The number of rotatable bonds is 25. The molecule has 0 spiro atoms. The maximum absolute atomic E-state index is 13.4. The summed E-state index contributed by atoms with van der Waals surface area (Å²) in [5.41, 5.74) is 8.34. The van der Waals surface area contributed by atoms with Crippen LogP contribution >= 0.6 is 34.8 Å². The van der Waals surface area contributed by atoms with E-state index in [0.717, 1.165) is 80.9 Å². The van der Waals surface area contributed by atoms with Crippen LogP contribution in [0.25, 0.3) is 0 Å². The number of aromatic amines is 4. The van der Waals surface area contributed by atoms with Crippen LogP contribution in [0.2, 0.25) is 15.1 Å². The standard InChI is InChI=1S/C22H25FN6O.C20H21FN6O.C19H20Cl2N6.C19H21ClN6/c1-13-24-19(26-21-10-18(28-29-21)14-2-3-14)11-20(25-13)27-22(16-8-9-30-12-16)15-4-6-17(23)7-5-15;1-12-22-17(24-19-8-16(26-27-19)13-2-3-13)9-18(23-12)25-20(10-28-11-20)14-4-6-15(21)7-5-14;1-10(14-6-5-13(20)7-15(14)21)22-17-9-18(24-11(2)23-17)25-19-8-16(26-27-19)12-3-4-12;1-11(13-5-7-15(20)8-6-13)21-17-10-18(23-12(2)22-17)24-19-9-16(25-26-19)14-3-4-14/h4-7,10-11,14,16,22H,2-3,8-9,12H2,1H3,(H3,24,25,26,27,28,29);4-9,13H,2-3,10-11H2,1H3,(H3,22,23,24,25,26,27);5-10,12H,3-4H2,1-2H3,(H3,22,23,24,25,26,27);5-11,14H,3-4H2,1-2H3,(H3,21,22,23,24,25,26). The van der Waals surface area contributed by atoms with Crippen LogP contribution in [0.4, 0.5) is 78.6 Å². The minimum atomic E-state index is -0.419. The second-order valence-corrected chi connectivity index (χ2v) is 30.4. The van der Waals surface area contributed by atoms with Crippen molar-refractivity contribution in [2.45, 2.75) is 147 Å². The second kappa shape index (κ2) is 33.7. The molecule has 111 heavy (non-hydrogen) atoms. The van der Waals surface area contributed by atoms with Crippen molar-refractivity contribution in [3.05, 3.63) is 235 Å². The highest BCUT2D eigenvalue weighted by molar-refractivity contribution is 6.35. The molecular formula is C80H87Cl3F2N24O2. The van der Waals surface area contributed by atoms with Crippen LogP contribution in [-0.2, 0) is 15.0 Å². The molecule has 31 heteroatoms. The second-order valence-electron chi connectivity index (χ2n) is 29.1. The third-order valence-electron chi connectivity index (χ3n) is 19.8. The van der Waals surface area contributed by atoms with Gasteiger partial charge in [-0.2, -0.15) is 20.4 Å². The van der Waals surface area contributed by atoms with Crippen molar-refractivity contribution in [2.75, 3.05) is 69.0 Å². The normalized spacial score (nSPS) is 16.9. The molecule has 12 N–H and O–H groups in total. The van der Waals surface area contributed by atoms with Gasteiger partial charge in [-0.05, 0) is 170 Å². The van der Waals surface area contributed by atoms with Crippen molar-refractivity contribution >= 4 is 105 Å². The molecule has 12 aromatic rings. The lowest BCUT2D eigenvalue weighted by molar-refractivity contribution is -0.0449.